The first-order chi connectivity index (χ1) is 6.34. The molecule has 3 heteroatoms. The summed E-state index contributed by atoms with van der Waals surface area (Å²) in [6, 6.07) is 7.92. The summed E-state index contributed by atoms with van der Waals surface area (Å²) in [4.78, 5) is 4.04. The van der Waals surface area contributed by atoms with E-state index in [0.29, 0.717) is 5.19 Å². The molecule has 2 aromatic rings. The second-order valence-electron chi connectivity index (χ2n) is 2.72. The topological polar surface area (TPSA) is 22.1 Å². The van der Waals surface area contributed by atoms with Crippen LogP contribution in [0.4, 0.5) is 0 Å². The normalized spacial score (nSPS) is 9.92. The molecule has 13 heavy (non-hydrogen) atoms. The lowest BCUT2D eigenvalue weighted by Gasteiger charge is -2.01. The summed E-state index contributed by atoms with van der Waals surface area (Å²) in [5.41, 5.74) is 1.19. The van der Waals surface area contributed by atoms with Gasteiger partial charge in [0.05, 0.1) is 0 Å². The van der Waals surface area contributed by atoms with Crippen LogP contribution in [-0.2, 0) is 0 Å². The molecule has 0 unspecified atom stereocenters. The van der Waals surface area contributed by atoms with Crippen LogP contribution < -0.4 is 4.74 Å². The molecular weight excluding hydrogens is 182 g/mol. The Balaban J connectivity index is 2.19. The summed E-state index contributed by atoms with van der Waals surface area (Å²) in [5.74, 6) is 0.843. The first kappa shape index (κ1) is 8.26. The fourth-order valence-corrected chi connectivity index (χ4v) is 1.54. The van der Waals surface area contributed by atoms with Crippen molar-refractivity contribution in [3.63, 3.8) is 0 Å². The molecule has 0 aliphatic heterocycles. The number of nitrogens with zero attached hydrogens (tertiary/aromatic N) is 1. The van der Waals surface area contributed by atoms with Gasteiger partial charge < -0.3 is 4.74 Å². The van der Waals surface area contributed by atoms with Crippen molar-refractivity contribution in [3.8, 4) is 10.9 Å². The van der Waals surface area contributed by atoms with E-state index in [1.54, 1.807) is 6.20 Å². The Labute approximate surface area is 80.8 Å². The minimum atomic E-state index is 0.686. The highest BCUT2D eigenvalue weighted by molar-refractivity contribution is 7.11. The van der Waals surface area contributed by atoms with Crippen molar-refractivity contribution < 1.29 is 4.74 Å². The molecule has 0 aliphatic carbocycles. The molecule has 2 rings (SSSR count). The Morgan fingerprint density at radius 2 is 2.31 bits per heavy atom. The molecule has 0 N–H and O–H groups in total. The number of aryl methyl sites for hydroxylation is 1. The minimum absolute atomic E-state index is 0.686. The van der Waals surface area contributed by atoms with Crippen LogP contribution in [0, 0.1) is 6.92 Å². The first-order valence-electron chi connectivity index (χ1n) is 3.98. The van der Waals surface area contributed by atoms with Gasteiger partial charge in [0.1, 0.15) is 5.75 Å². The van der Waals surface area contributed by atoms with E-state index in [1.807, 2.05) is 36.6 Å². The number of rotatable bonds is 2. The van der Waals surface area contributed by atoms with Crippen molar-refractivity contribution in [2.75, 3.05) is 0 Å². The van der Waals surface area contributed by atoms with E-state index < -0.39 is 0 Å². The molecule has 0 amide bonds. The van der Waals surface area contributed by atoms with E-state index in [4.69, 9.17) is 4.74 Å². The molecule has 0 saturated carbocycles. The molecular formula is C10H9NOS. The first-order valence-corrected chi connectivity index (χ1v) is 4.86. The summed E-state index contributed by atoms with van der Waals surface area (Å²) in [5, 5.41) is 2.58. The van der Waals surface area contributed by atoms with E-state index in [9.17, 15) is 0 Å². The smallest absolute Gasteiger partial charge is 0.278 e. The molecule has 0 spiro atoms. The fraction of sp³-hybridized carbons (Fsp3) is 0.100. The molecule has 0 saturated heterocycles. The second kappa shape index (κ2) is 3.58. The van der Waals surface area contributed by atoms with Crippen molar-refractivity contribution in [2.45, 2.75) is 6.92 Å². The third-order valence-electron chi connectivity index (χ3n) is 1.60. The van der Waals surface area contributed by atoms with Crippen LogP contribution in [0.15, 0.2) is 35.8 Å². The quantitative estimate of drug-likeness (QED) is 0.727. The monoisotopic (exact) mass is 191 g/mol. The maximum atomic E-state index is 5.51. The van der Waals surface area contributed by atoms with Crippen LogP contribution in [-0.4, -0.2) is 4.98 Å². The molecule has 2 nitrogen and oxygen atoms in total. The molecule has 0 aliphatic rings. The second-order valence-corrected chi connectivity index (χ2v) is 3.57. The van der Waals surface area contributed by atoms with Crippen LogP contribution in [0.25, 0.3) is 0 Å². The van der Waals surface area contributed by atoms with Crippen molar-refractivity contribution in [1.82, 2.24) is 4.98 Å². The molecule has 1 aromatic carbocycles. The maximum Gasteiger partial charge on any atom is 0.278 e. The fourth-order valence-electron chi connectivity index (χ4n) is 1.04. The highest BCUT2D eigenvalue weighted by Gasteiger charge is 1.98. The van der Waals surface area contributed by atoms with E-state index in [0.717, 1.165) is 5.75 Å². The number of hydrogen-bond donors (Lipinski definition) is 0. The average molecular weight is 191 g/mol. The van der Waals surface area contributed by atoms with Crippen LogP contribution in [0.5, 0.6) is 10.9 Å². The SMILES string of the molecule is Cc1cccc(Oc2nccs2)c1. The van der Waals surface area contributed by atoms with Crippen LogP contribution >= 0.6 is 11.3 Å². The summed E-state index contributed by atoms with van der Waals surface area (Å²) in [6.45, 7) is 2.04. The lowest BCUT2D eigenvalue weighted by molar-refractivity contribution is 0.478. The number of hydrogen-bond acceptors (Lipinski definition) is 3. The lowest BCUT2D eigenvalue weighted by Crippen LogP contribution is -1.82. The Kier molecular flexibility index (Phi) is 2.27. The predicted molar refractivity (Wildman–Crippen MR) is 53.4 cm³/mol. The standard InChI is InChI=1S/C10H9NOS/c1-8-3-2-4-9(7-8)12-10-11-5-6-13-10/h2-7H,1H3. The Hall–Kier alpha value is -1.35. The van der Waals surface area contributed by atoms with Crippen LogP contribution in [0.2, 0.25) is 0 Å². The van der Waals surface area contributed by atoms with Gasteiger partial charge in [-0.05, 0) is 24.6 Å². The predicted octanol–water partition coefficient (Wildman–Crippen LogP) is 3.24. The molecule has 0 fully saturated rings. The highest BCUT2D eigenvalue weighted by Crippen LogP contribution is 2.23. The van der Waals surface area contributed by atoms with Crippen molar-refractivity contribution >= 4 is 11.3 Å². The van der Waals surface area contributed by atoms with Crippen LogP contribution in [0.1, 0.15) is 5.56 Å². The van der Waals surface area contributed by atoms with Crippen molar-refractivity contribution in [3.05, 3.63) is 41.4 Å². The minimum Gasteiger partial charge on any atom is -0.431 e. The highest BCUT2D eigenvalue weighted by atomic mass is 32.1. The van der Waals surface area contributed by atoms with Gasteiger partial charge in [0, 0.05) is 11.6 Å². The van der Waals surface area contributed by atoms with Gasteiger partial charge in [-0.25, -0.2) is 4.98 Å². The Morgan fingerprint density at radius 3 is 3.00 bits per heavy atom. The maximum absolute atomic E-state index is 5.51. The third kappa shape index (κ3) is 2.06. The van der Waals surface area contributed by atoms with E-state index in [1.165, 1.54) is 16.9 Å². The van der Waals surface area contributed by atoms with E-state index in [2.05, 4.69) is 4.98 Å². The Morgan fingerprint density at radius 1 is 1.38 bits per heavy atom. The molecule has 0 atom stereocenters. The van der Waals surface area contributed by atoms with Gasteiger partial charge in [0.25, 0.3) is 5.19 Å². The molecule has 0 bridgehead atoms. The number of ether oxygens (including phenoxy) is 1. The molecule has 66 valence electrons. The van der Waals surface area contributed by atoms with Crippen molar-refractivity contribution in [1.29, 1.82) is 0 Å². The number of thiazole rings is 1. The largest absolute Gasteiger partial charge is 0.431 e. The summed E-state index contributed by atoms with van der Waals surface area (Å²) in [7, 11) is 0. The number of benzene rings is 1. The molecule has 1 aromatic heterocycles. The Bertz CT molecular complexity index is 384. The zero-order valence-corrected chi connectivity index (χ0v) is 8.04. The van der Waals surface area contributed by atoms with Crippen molar-refractivity contribution in [2.24, 2.45) is 0 Å². The van der Waals surface area contributed by atoms with Gasteiger partial charge in [-0.1, -0.05) is 23.5 Å². The zero-order chi connectivity index (χ0) is 9.10. The van der Waals surface area contributed by atoms with Crippen LogP contribution in [0.3, 0.4) is 0 Å². The third-order valence-corrected chi connectivity index (χ3v) is 2.25. The van der Waals surface area contributed by atoms with Gasteiger partial charge in [-0.3, -0.25) is 0 Å². The summed E-state index contributed by atoms with van der Waals surface area (Å²) in [6.07, 6.45) is 1.73. The lowest BCUT2D eigenvalue weighted by atomic mass is 10.2. The molecule has 0 radical (unpaired) electrons. The van der Waals surface area contributed by atoms with Gasteiger partial charge >= 0.3 is 0 Å². The average Bonchev–Trinajstić information content (AvgIpc) is 2.57. The van der Waals surface area contributed by atoms with Gasteiger partial charge in [-0.2, -0.15) is 0 Å². The molecule has 1 heterocycles. The van der Waals surface area contributed by atoms with E-state index >= 15 is 0 Å². The summed E-state index contributed by atoms with van der Waals surface area (Å²) < 4.78 is 5.51. The zero-order valence-electron chi connectivity index (χ0n) is 7.23. The van der Waals surface area contributed by atoms with Gasteiger partial charge in [-0.15, -0.1) is 0 Å². The van der Waals surface area contributed by atoms with Gasteiger partial charge in [0.15, 0.2) is 0 Å². The van der Waals surface area contributed by atoms with E-state index in [-0.39, 0.29) is 0 Å². The summed E-state index contributed by atoms with van der Waals surface area (Å²) >= 11 is 1.49. The number of aromatic nitrogens is 1. The van der Waals surface area contributed by atoms with Gasteiger partial charge in [0.2, 0.25) is 0 Å².